The minimum atomic E-state index is -0.211. The van der Waals surface area contributed by atoms with Crippen LogP contribution >= 0.6 is 15.9 Å². The first-order valence-corrected chi connectivity index (χ1v) is 9.30. The van der Waals surface area contributed by atoms with Gasteiger partial charge in [-0.3, -0.25) is 9.78 Å². The van der Waals surface area contributed by atoms with Crippen LogP contribution in [0.3, 0.4) is 0 Å². The van der Waals surface area contributed by atoms with E-state index in [4.69, 9.17) is 9.47 Å². The van der Waals surface area contributed by atoms with E-state index in [0.29, 0.717) is 30.3 Å². The second-order valence-corrected chi connectivity index (χ2v) is 6.62. The normalized spacial score (nSPS) is 10.3. The largest absolute Gasteiger partial charge is 0.490 e. The van der Waals surface area contributed by atoms with Gasteiger partial charge in [0.1, 0.15) is 6.61 Å². The molecule has 0 bridgehead atoms. The van der Waals surface area contributed by atoms with Crippen molar-refractivity contribution in [1.29, 1.82) is 0 Å². The highest BCUT2D eigenvalue weighted by atomic mass is 79.9. The summed E-state index contributed by atoms with van der Waals surface area (Å²) in [7, 11) is 0. The van der Waals surface area contributed by atoms with Gasteiger partial charge in [0.15, 0.2) is 11.5 Å². The molecule has 0 unspecified atom stereocenters. The van der Waals surface area contributed by atoms with Gasteiger partial charge in [-0.1, -0.05) is 22.0 Å². The first-order chi connectivity index (χ1) is 13.2. The van der Waals surface area contributed by atoms with Gasteiger partial charge in [0.05, 0.1) is 6.61 Å². The predicted molar refractivity (Wildman–Crippen MR) is 108 cm³/mol. The van der Waals surface area contributed by atoms with Crippen LogP contribution in [0.25, 0.3) is 0 Å². The Kier molecular flexibility index (Phi) is 6.44. The molecule has 0 spiro atoms. The van der Waals surface area contributed by atoms with Crippen LogP contribution in [-0.2, 0) is 6.61 Å². The summed E-state index contributed by atoms with van der Waals surface area (Å²) in [5.41, 5.74) is 2.17. The van der Waals surface area contributed by atoms with Gasteiger partial charge in [-0.05, 0) is 55.5 Å². The molecule has 1 amide bonds. The molecule has 2 aromatic carbocycles. The van der Waals surface area contributed by atoms with Crippen LogP contribution in [0.5, 0.6) is 11.5 Å². The standard InChI is InChI=1S/C21H19BrN2O3/c1-2-26-20-12-16(21(25)24-18-8-6-17(22)7-9-18)5-10-19(20)27-14-15-4-3-11-23-13-15/h3-13H,2,14H2,1H3,(H,24,25). The molecule has 0 saturated heterocycles. The minimum absolute atomic E-state index is 0.211. The number of halogens is 1. The van der Waals surface area contributed by atoms with Crippen molar-refractivity contribution >= 4 is 27.5 Å². The summed E-state index contributed by atoms with van der Waals surface area (Å²) in [5, 5.41) is 2.87. The molecule has 1 N–H and O–H groups in total. The van der Waals surface area contributed by atoms with E-state index < -0.39 is 0 Å². The molecule has 0 aliphatic carbocycles. The summed E-state index contributed by atoms with van der Waals surface area (Å²) in [4.78, 5) is 16.6. The number of carbonyl (C=O) groups excluding carboxylic acids is 1. The van der Waals surface area contributed by atoms with Crippen molar-refractivity contribution in [2.24, 2.45) is 0 Å². The number of benzene rings is 2. The Balaban J connectivity index is 1.73. The third kappa shape index (κ3) is 5.31. The zero-order valence-corrected chi connectivity index (χ0v) is 16.4. The van der Waals surface area contributed by atoms with Gasteiger partial charge in [0.25, 0.3) is 5.91 Å². The van der Waals surface area contributed by atoms with Crippen molar-refractivity contribution in [1.82, 2.24) is 4.98 Å². The van der Waals surface area contributed by atoms with E-state index in [9.17, 15) is 4.79 Å². The van der Waals surface area contributed by atoms with E-state index >= 15 is 0 Å². The van der Waals surface area contributed by atoms with Gasteiger partial charge >= 0.3 is 0 Å². The zero-order chi connectivity index (χ0) is 19.1. The lowest BCUT2D eigenvalue weighted by molar-refractivity contribution is 0.102. The van der Waals surface area contributed by atoms with Crippen LogP contribution in [0.4, 0.5) is 5.69 Å². The fourth-order valence-corrected chi connectivity index (χ4v) is 2.68. The Hall–Kier alpha value is -2.86. The fraction of sp³-hybridized carbons (Fsp3) is 0.143. The van der Waals surface area contributed by atoms with Crippen molar-refractivity contribution in [3.8, 4) is 11.5 Å². The van der Waals surface area contributed by atoms with E-state index in [1.807, 2.05) is 43.3 Å². The van der Waals surface area contributed by atoms with Crippen molar-refractivity contribution in [3.05, 3.63) is 82.6 Å². The van der Waals surface area contributed by atoms with Gasteiger partial charge < -0.3 is 14.8 Å². The van der Waals surface area contributed by atoms with Crippen LogP contribution in [-0.4, -0.2) is 17.5 Å². The Morgan fingerprint density at radius 3 is 2.59 bits per heavy atom. The molecule has 6 heteroatoms. The number of anilines is 1. The first kappa shape index (κ1) is 18.9. The van der Waals surface area contributed by atoms with Crippen molar-refractivity contribution in [2.45, 2.75) is 13.5 Å². The topological polar surface area (TPSA) is 60.5 Å². The van der Waals surface area contributed by atoms with Crippen LogP contribution in [0.15, 0.2) is 71.5 Å². The maximum Gasteiger partial charge on any atom is 0.255 e. The molecule has 3 rings (SSSR count). The number of nitrogens with zero attached hydrogens (tertiary/aromatic N) is 1. The molecule has 27 heavy (non-hydrogen) atoms. The SMILES string of the molecule is CCOc1cc(C(=O)Nc2ccc(Br)cc2)ccc1OCc1cccnc1. The van der Waals surface area contributed by atoms with Gasteiger partial charge in [-0.15, -0.1) is 0 Å². The number of rotatable bonds is 7. The van der Waals surface area contributed by atoms with Crippen molar-refractivity contribution in [2.75, 3.05) is 11.9 Å². The zero-order valence-electron chi connectivity index (χ0n) is 14.8. The third-order valence-electron chi connectivity index (χ3n) is 3.72. The van der Waals surface area contributed by atoms with E-state index in [0.717, 1.165) is 15.7 Å². The van der Waals surface area contributed by atoms with Crippen LogP contribution in [0, 0.1) is 0 Å². The molecule has 0 atom stereocenters. The molecule has 3 aromatic rings. The molecule has 5 nitrogen and oxygen atoms in total. The number of nitrogens with one attached hydrogen (secondary N) is 1. The van der Waals surface area contributed by atoms with Crippen LogP contribution in [0.1, 0.15) is 22.8 Å². The number of hydrogen-bond donors (Lipinski definition) is 1. The summed E-state index contributed by atoms with van der Waals surface area (Å²) in [6.45, 7) is 2.73. The highest BCUT2D eigenvalue weighted by molar-refractivity contribution is 9.10. The van der Waals surface area contributed by atoms with Gasteiger partial charge in [0, 0.05) is 33.7 Å². The molecule has 0 fully saturated rings. The second-order valence-electron chi connectivity index (χ2n) is 5.71. The smallest absolute Gasteiger partial charge is 0.255 e. The summed E-state index contributed by atoms with van der Waals surface area (Å²) in [6, 6.07) is 16.4. The number of ether oxygens (including phenoxy) is 2. The molecular formula is C21H19BrN2O3. The number of aromatic nitrogens is 1. The molecular weight excluding hydrogens is 408 g/mol. The summed E-state index contributed by atoms with van der Waals surface area (Å²) < 4.78 is 12.4. The molecule has 0 saturated carbocycles. The first-order valence-electron chi connectivity index (χ1n) is 8.51. The number of hydrogen-bond acceptors (Lipinski definition) is 4. The molecule has 138 valence electrons. The van der Waals surface area contributed by atoms with Crippen molar-refractivity contribution in [3.63, 3.8) is 0 Å². The summed E-state index contributed by atoms with van der Waals surface area (Å²) in [5.74, 6) is 0.905. The number of amides is 1. The molecule has 0 radical (unpaired) electrons. The monoisotopic (exact) mass is 426 g/mol. The lowest BCUT2D eigenvalue weighted by atomic mass is 10.1. The maximum absolute atomic E-state index is 12.5. The number of carbonyl (C=O) groups is 1. The van der Waals surface area contributed by atoms with E-state index in [2.05, 4.69) is 26.2 Å². The Morgan fingerprint density at radius 1 is 1.07 bits per heavy atom. The predicted octanol–water partition coefficient (Wildman–Crippen LogP) is 5.07. The average molecular weight is 427 g/mol. The number of pyridine rings is 1. The minimum Gasteiger partial charge on any atom is -0.490 e. The Labute approximate surface area is 166 Å². The molecule has 0 aliphatic heterocycles. The highest BCUT2D eigenvalue weighted by Gasteiger charge is 2.12. The van der Waals surface area contributed by atoms with Gasteiger partial charge in [-0.2, -0.15) is 0 Å². The third-order valence-corrected chi connectivity index (χ3v) is 4.25. The van der Waals surface area contributed by atoms with Crippen molar-refractivity contribution < 1.29 is 14.3 Å². The summed E-state index contributed by atoms with van der Waals surface area (Å²) >= 11 is 3.38. The van der Waals surface area contributed by atoms with E-state index in [-0.39, 0.29) is 5.91 Å². The second kappa shape index (κ2) is 9.19. The Bertz CT molecular complexity index is 899. The molecule has 1 aromatic heterocycles. The van der Waals surface area contributed by atoms with E-state index in [1.54, 1.807) is 30.6 Å². The molecule has 1 heterocycles. The maximum atomic E-state index is 12.5. The lowest BCUT2D eigenvalue weighted by Gasteiger charge is -2.13. The van der Waals surface area contributed by atoms with Crippen LogP contribution < -0.4 is 14.8 Å². The average Bonchev–Trinajstić information content (AvgIpc) is 2.69. The molecule has 0 aliphatic rings. The van der Waals surface area contributed by atoms with E-state index in [1.165, 1.54) is 0 Å². The van der Waals surface area contributed by atoms with Gasteiger partial charge in [0.2, 0.25) is 0 Å². The quantitative estimate of drug-likeness (QED) is 0.572. The lowest BCUT2D eigenvalue weighted by Crippen LogP contribution is -2.12. The Morgan fingerprint density at radius 2 is 1.89 bits per heavy atom. The summed E-state index contributed by atoms with van der Waals surface area (Å²) in [6.07, 6.45) is 3.47. The van der Waals surface area contributed by atoms with Gasteiger partial charge in [-0.25, -0.2) is 0 Å². The van der Waals surface area contributed by atoms with Crippen LogP contribution in [0.2, 0.25) is 0 Å². The highest BCUT2D eigenvalue weighted by Crippen LogP contribution is 2.29. The fourth-order valence-electron chi connectivity index (χ4n) is 2.42.